The average Bonchev–Trinajstić information content (AvgIpc) is 2.92. The molecule has 1 fully saturated rings. The van der Waals surface area contributed by atoms with E-state index >= 15 is 0 Å². The van der Waals surface area contributed by atoms with Crippen molar-refractivity contribution in [3.05, 3.63) is 11.7 Å². The van der Waals surface area contributed by atoms with Crippen LogP contribution in [0.5, 0.6) is 0 Å². The molecule has 2 rings (SSSR count). The molecule has 8 heteroatoms. The van der Waals surface area contributed by atoms with Crippen molar-refractivity contribution < 1.29 is 12.9 Å². The first-order valence-corrected chi connectivity index (χ1v) is 9.52. The summed E-state index contributed by atoms with van der Waals surface area (Å²) in [5.74, 6) is 2.78. The molecule has 19 heavy (non-hydrogen) atoms. The average molecular weight is 305 g/mol. The highest BCUT2D eigenvalue weighted by molar-refractivity contribution is 7.99. The Labute approximate surface area is 117 Å². The summed E-state index contributed by atoms with van der Waals surface area (Å²) in [4.78, 5) is 4.23. The minimum atomic E-state index is -3.12. The largest absolute Gasteiger partial charge is 0.339 e. The van der Waals surface area contributed by atoms with E-state index in [-0.39, 0.29) is 17.5 Å². The van der Waals surface area contributed by atoms with Gasteiger partial charge in [-0.05, 0) is 13.0 Å². The van der Waals surface area contributed by atoms with E-state index < -0.39 is 9.84 Å². The normalized spacial score (nSPS) is 23.9. The molecule has 0 aliphatic carbocycles. The number of rotatable bonds is 6. The van der Waals surface area contributed by atoms with Crippen molar-refractivity contribution in [1.29, 1.82) is 0 Å². The van der Waals surface area contributed by atoms with Crippen molar-refractivity contribution in [3.63, 3.8) is 0 Å². The fraction of sp³-hybridized carbons (Fsp3) is 0.818. The van der Waals surface area contributed by atoms with Crippen LogP contribution in [0.4, 0.5) is 0 Å². The van der Waals surface area contributed by atoms with Gasteiger partial charge in [0.1, 0.15) is 5.75 Å². The zero-order valence-corrected chi connectivity index (χ0v) is 12.8. The van der Waals surface area contributed by atoms with Crippen LogP contribution in [0.1, 0.15) is 31.0 Å². The smallest absolute Gasteiger partial charge is 0.232 e. The van der Waals surface area contributed by atoms with Crippen molar-refractivity contribution in [2.75, 3.05) is 24.3 Å². The first kappa shape index (κ1) is 14.8. The van der Waals surface area contributed by atoms with Gasteiger partial charge >= 0.3 is 0 Å². The minimum Gasteiger partial charge on any atom is -0.339 e. The van der Waals surface area contributed by atoms with Gasteiger partial charge in [0, 0.05) is 23.8 Å². The van der Waals surface area contributed by atoms with Crippen LogP contribution in [0.15, 0.2) is 4.52 Å². The number of hydrogen-bond acceptors (Lipinski definition) is 7. The maximum atomic E-state index is 11.2. The maximum absolute atomic E-state index is 11.2. The summed E-state index contributed by atoms with van der Waals surface area (Å²) in [5, 5.41) is 7.23. The number of sulfone groups is 1. The zero-order valence-electron chi connectivity index (χ0n) is 11.1. The van der Waals surface area contributed by atoms with Crippen molar-refractivity contribution in [2.45, 2.75) is 31.1 Å². The van der Waals surface area contributed by atoms with Crippen LogP contribution in [0.25, 0.3) is 0 Å². The molecule has 2 atom stereocenters. The van der Waals surface area contributed by atoms with Crippen molar-refractivity contribution in [2.24, 2.45) is 0 Å². The Morgan fingerprint density at radius 3 is 2.95 bits per heavy atom. The van der Waals surface area contributed by atoms with E-state index in [2.05, 4.69) is 22.4 Å². The summed E-state index contributed by atoms with van der Waals surface area (Å²) in [5.41, 5.74) is 0. The number of hydrogen-bond donors (Lipinski definition) is 1. The summed E-state index contributed by atoms with van der Waals surface area (Å²) in [7, 11) is -3.12. The van der Waals surface area contributed by atoms with Gasteiger partial charge in [-0.3, -0.25) is 0 Å². The summed E-state index contributed by atoms with van der Waals surface area (Å²) in [6.45, 7) is 3.09. The molecule has 1 N–H and O–H groups in total. The number of nitrogens with one attached hydrogen (secondary N) is 1. The molecule has 1 aromatic rings. The highest BCUT2D eigenvalue weighted by Gasteiger charge is 2.33. The Hall–Kier alpha value is -0.600. The third-order valence-corrected chi connectivity index (χ3v) is 4.90. The van der Waals surface area contributed by atoms with E-state index in [0.717, 1.165) is 24.5 Å². The molecule has 1 aliphatic rings. The molecule has 2 unspecified atom stereocenters. The van der Waals surface area contributed by atoms with Crippen LogP contribution < -0.4 is 5.32 Å². The van der Waals surface area contributed by atoms with Gasteiger partial charge < -0.3 is 9.84 Å². The highest BCUT2D eigenvalue weighted by Crippen LogP contribution is 2.32. The van der Waals surface area contributed by atoms with E-state index in [0.29, 0.717) is 11.9 Å². The first-order valence-electron chi connectivity index (χ1n) is 6.31. The lowest BCUT2D eigenvalue weighted by atomic mass is 10.0. The summed E-state index contributed by atoms with van der Waals surface area (Å²) in [6, 6.07) is 0.330. The number of aromatic nitrogens is 2. The second kappa shape index (κ2) is 6.23. The van der Waals surface area contributed by atoms with E-state index in [1.54, 1.807) is 0 Å². The third-order valence-electron chi connectivity index (χ3n) is 2.93. The number of nitrogens with zero attached hydrogens (tertiary/aromatic N) is 2. The Bertz CT molecular complexity index is 515. The molecule has 0 amide bonds. The molecule has 0 aromatic carbocycles. The van der Waals surface area contributed by atoms with Gasteiger partial charge in [-0.15, -0.1) is 0 Å². The van der Waals surface area contributed by atoms with Crippen LogP contribution in [0, 0.1) is 0 Å². The Balaban J connectivity index is 2.05. The van der Waals surface area contributed by atoms with Crippen molar-refractivity contribution >= 4 is 21.6 Å². The molecule has 0 bridgehead atoms. The maximum Gasteiger partial charge on any atom is 0.232 e. The predicted molar refractivity (Wildman–Crippen MR) is 75.0 cm³/mol. The molecule has 1 saturated heterocycles. The molecule has 0 radical (unpaired) electrons. The standard InChI is InChI=1S/C11H19N3O3S2/c1-3-4-12-9-6-18-5-8(9)11-13-10(14-17-11)7-19(2,15)16/h8-9,12H,3-7H2,1-2H3. The lowest BCUT2D eigenvalue weighted by molar-refractivity contribution is 0.336. The minimum absolute atomic E-state index is 0.163. The van der Waals surface area contributed by atoms with Gasteiger partial charge in [-0.25, -0.2) is 8.42 Å². The van der Waals surface area contributed by atoms with Gasteiger partial charge in [0.2, 0.25) is 5.89 Å². The van der Waals surface area contributed by atoms with Crippen LogP contribution in [-0.4, -0.2) is 48.9 Å². The SMILES string of the molecule is CCCNC1CSCC1c1nc(CS(C)(=O)=O)no1. The predicted octanol–water partition coefficient (Wildman–Crippen LogP) is 0.813. The third kappa shape index (κ3) is 4.19. The van der Waals surface area contributed by atoms with Crippen LogP contribution in [0.2, 0.25) is 0 Å². The second-order valence-electron chi connectivity index (χ2n) is 4.82. The lowest BCUT2D eigenvalue weighted by Gasteiger charge is -2.16. The molecule has 0 saturated carbocycles. The second-order valence-corrected chi connectivity index (χ2v) is 8.04. The van der Waals surface area contributed by atoms with Crippen LogP contribution in [0.3, 0.4) is 0 Å². The highest BCUT2D eigenvalue weighted by atomic mass is 32.2. The molecule has 1 aliphatic heterocycles. The van der Waals surface area contributed by atoms with Gasteiger partial charge in [-0.2, -0.15) is 16.7 Å². The Morgan fingerprint density at radius 2 is 2.26 bits per heavy atom. The van der Waals surface area contributed by atoms with Gasteiger partial charge in [0.15, 0.2) is 15.7 Å². The lowest BCUT2D eigenvalue weighted by Crippen LogP contribution is -2.34. The zero-order chi connectivity index (χ0) is 13.9. The van der Waals surface area contributed by atoms with Crippen LogP contribution >= 0.6 is 11.8 Å². The monoisotopic (exact) mass is 305 g/mol. The molecule has 6 nitrogen and oxygen atoms in total. The van der Waals surface area contributed by atoms with Gasteiger partial charge in [-0.1, -0.05) is 12.1 Å². The van der Waals surface area contributed by atoms with E-state index in [1.165, 1.54) is 6.26 Å². The molecular formula is C11H19N3O3S2. The Morgan fingerprint density at radius 1 is 1.47 bits per heavy atom. The number of thioether (sulfide) groups is 1. The Kier molecular flexibility index (Phi) is 4.86. The van der Waals surface area contributed by atoms with E-state index in [9.17, 15) is 8.42 Å². The summed E-state index contributed by atoms with van der Waals surface area (Å²) in [6.07, 6.45) is 2.25. The van der Waals surface area contributed by atoms with E-state index in [4.69, 9.17) is 4.52 Å². The molecule has 2 heterocycles. The van der Waals surface area contributed by atoms with E-state index in [1.807, 2.05) is 11.8 Å². The molecule has 1 aromatic heterocycles. The molecular weight excluding hydrogens is 286 g/mol. The molecule has 0 spiro atoms. The first-order chi connectivity index (χ1) is 8.99. The summed E-state index contributed by atoms with van der Waals surface area (Å²) < 4.78 is 27.6. The van der Waals surface area contributed by atoms with Crippen molar-refractivity contribution in [1.82, 2.24) is 15.5 Å². The molecule has 108 valence electrons. The van der Waals surface area contributed by atoms with Crippen molar-refractivity contribution in [3.8, 4) is 0 Å². The topological polar surface area (TPSA) is 85.1 Å². The summed E-state index contributed by atoms with van der Waals surface area (Å²) >= 11 is 1.85. The fourth-order valence-electron chi connectivity index (χ4n) is 2.04. The quantitative estimate of drug-likeness (QED) is 0.832. The van der Waals surface area contributed by atoms with Gasteiger partial charge in [0.25, 0.3) is 0 Å². The van der Waals surface area contributed by atoms with Gasteiger partial charge in [0.05, 0.1) is 5.92 Å². The van der Waals surface area contributed by atoms with Crippen LogP contribution in [-0.2, 0) is 15.6 Å². The fourth-order valence-corrected chi connectivity index (χ4v) is 4.00.